The van der Waals surface area contributed by atoms with Gasteiger partial charge in [0.25, 0.3) is 0 Å². The number of halogens is 1. The highest BCUT2D eigenvalue weighted by Gasteiger charge is 2.34. The molecule has 0 bridgehead atoms. The van der Waals surface area contributed by atoms with Gasteiger partial charge in [0.05, 0.1) is 0 Å². The van der Waals surface area contributed by atoms with Crippen LogP contribution in [0.5, 0.6) is 5.75 Å². The van der Waals surface area contributed by atoms with Gasteiger partial charge in [0.2, 0.25) is 0 Å². The van der Waals surface area contributed by atoms with E-state index in [2.05, 4.69) is 23.1 Å². The van der Waals surface area contributed by atoms with Crippen molar-refractivity contribution < 1.29 is 10.2 Å². The summed E-state index contributed by atoms with van der Waals surface area (Å²) in [5.74, 6) is 0.395. The first-order chi connectivity index (χ1) is 12.4. The summed E-state index contributed by atoms with van der Waals surface area (Å²) < 4.78 is 0. The fourth-order valence-corrected chi connectivity index (χ4v) is 4.22. The van der Waals surface area contributed by atoms with E-state index in [0.29, 0.717) is 5.75 Å². The summed E-state index contributed by atoms with van der Waals surface area (Å²) in [6.07, 6.45) is 2.75. The Morgan fingerprint density at radius 2 is 1.69 bits per heavy atom. The van der Waals surface area contributed by atoms with Crippen LogP contribution in [0.2, 0.25) is 5.02 Å². The van der Waals surface area contributed by atoms with Gasteiger partial charge in [0.15, 0.2) is 0 Å². The van der Waals surface area contributed by atoms with E-state index >= 15 is 0 Å². The summed E-state index contributed by atoms with van der Waals surface area (Å²) in [6, 6.07) is 12.1. The Hall–Kier alpha value is -1.55. The molecule has 1 aliphatic rings. The molecular formula is C22H28ClNO2. The van der Waals surface area contributed by atoms with E-state index in [-0.39, 0.29) is 12.0 Å². The molecule has 0 aliphatic carbocycles. The normalized spacial score (nSPS) is 17.4. The molecule has 1 saturated heterocycles. The van der Waals surface area contributed by atoms with E-state index in [0.717, 1.165) is 60.6 Å². The van der Waals surface area contributed by atoms with Crippen molar-refractivity contribution in [1.29, 1.82) is 0 Å². The summed E-state index contributed by atoms with van der Waals surface area (Å²) in [6.45, 7) is 6.90. The van der Waals surface area contributed by atoms with Gasteiger partial charge in [-0.15, -0.1) is 0 Å². The second-order valence-electron chi connectivity index (χ2n) is 7.78. The highest BCUT2D eigenvalue weighted by atomic mass is 35.5. The Morgan fingerprint density at radius 3 is 2.27 bits per heavy atom. The molecule has 0 radical (unpaired) electrons. The number of aryl methyl sites for hydroxylation is 2. The van der Waals surface area contributed by atoms with Gasteiger partial charge >= 0.3 is 0 Å². The van der Waals surface area contributed by atoms with Crippen LogP contribution in [-0.4, -0.2) is 34.8 Å². The van der Waals surface area contributed by atoms with Gasteiger partial charge in [-0.25, -0.2) is 0 Å². The van der Waals surface area contributed by atoms with Crippen molar-refractivity contribution in [2.75, 3.05) is 19.7 Å². The lowest BCUT2D eigenvalue weighted by atomic mass is 9.74. The Balaban J connectivity index is 1.65. The van der Waals surface area contributed by atoms with Gasteiger partial charge in [0.1, 0.15) is 5.75 Å². The molecule has 2 aromatic rings. The third-order valence-electron chi connectivity index (χ3n) is 5.73. The molecule has 1 aliphatic heterocycles. The van der Waals surface area contributed by atoms with E-state index in [1.165, 1.54) is 5.56 Å². The van der Waals surface area contributed by atoms with Gasteiger partial charge in [0, 0.05) is 18.2 Å². The highest BCUT2D eigenvalue weighted by Crippen LogP contribution is 2.37. The Bertz CT molecular complexity index is 743. The SMILES string of the molecule is Cc1cc(CN2CCC(CO)(Cc3ccccc3Cl)CC2)cc(C)c1O. The second kappa shape index (κ2) is 7.99. The number of rotatable bonds is 5. The van der Waals surface area contributed by atoms with Crippen LogP contribution in [0.15, 0.2) is 36.4 Å². The predicted molar refractivity (Wildman–Crippen MR) is 107 cm³/mol. The van der Waals surface area contributed by atoms with E-state index in [1.807, 2.05) is 32.0 Å². The molecule has 2 aromatic carbocycles. The zero-order valence-corrected chi connectivity index (χ0v) is 16.4. The first-order valence-corrected chi connectivity index (χ1v) is 9.66. The average Bonchev–Trinajstić information content (AvgIpc) is 2.63. The zero-order valence-electron chi connectivity index (χ0n) is 15.6. The largest absolute Gasteiger partial charge is 0.507 e. The lowest BCUT2D eigenvalue weighted by Gasteiger charge is -2.41. The Kier molecular flexibility index (Phi) is 5.91. The number of hydrogen-bond acceptors (Lipinski definition) is 3. The summed E-state index contributed by atoms with van der Waals surface area (Å²) in [7, 11) is 0. The molecule has 3 nitrogen and oxygen atoms in total. The first kappa shape index (κ1) is 19.2. The molecule has 0 spiro atoms. The quantitative estimate of drug-likeness (QED) is 0.812. The molecule has 2 N–H and O–H groups in total. The molecule has 4 heteroatoms. The Labute approximate surface area is 161 Å². The third-order valence-corrected chi connectivity index (χ3v) is 6.10. The van der Waals surface area contributed by atoms with Crippen LogP contribution in [0.25, 0.3) is 0 Å². The smallest absolute Gasteiger partial charge is 0.121 e. The molecule has 0 unspecified atom stereocenters. The van der Waals surface area contributed by atoms with E-state index in [9.17, 15) is 10.2 Å². The second-order valence-corrected chi connectivity index (χ2v) is 8.19. The molecule has 1 fully saturated rings. The molecule has 0 aromatic heterocycles. The fraction of sp³-hybridized carbons (Fsp3) is 0.455. The van der Waals surface area contributed by atoms with Crippen molar-refractivity contribution >= 4 is 11.6 Å². The molecule has 1 heterocycles. The van der Waals surface area contributed by atoms with Crippen LogP contribution in [-0.2, 0) is 13.0 Å². The van der Waals surface area contributed by atoms with Crippen LogP contribution >= 0.6 is 11.6 Å². The minimum absolute atomic E-state index is 0.0811. The maximum Gasteiger partial charge on any atom is 0.121 e. The van der Waals surface area contributed by atoms with Crippen molar-refractivity contribution in [1.82, 2.24) is 4.90 Å². The monoisotopic (exact) mass is 373 g/mol. The van der Waals surface area contributed by atoms with E-state index in [4.69, 9.17) is 11.6 Å². The van der Waals surface area contributed by atoms with Crippen molar-refractivity contribution in [2.24, 2.45) is 5.41 Å². The number of aromatic hydroxyl groups is 1. The lowest BCUT2D eigenvalue weighted by Crippen LogP contribution is -2.42. The number of aliphatic hydroxyl groups excluding tert-OH is 1. The molecule has 0 amide bonds. The topological polar surface area (TPSA) is 43.7 Å². The first-order valence-electron chi connectivity index (χ1n) is 9.28. The van der Waals surface area contributed by atoms with Gasteiger partial charge in [-0.3, -0.25) is 4.90 Å². The fourth-order valence-electron chi connectivity index (χ4n) is 4.02. The summed E-state index contributed by atoms with van der Waals surface area (Å²) in [5, 5.41) is 20.8. The number of aliphatic hydroxyl groups is 1. The van der Waals surface area contributed by atoms with Crippen LogP contribution in [0.3, 0.4) is 0 Å². The summed E-state index contributed by atoms with van der Waals surface area (Å²) >= 11 is 6.33. The van der Waals surface area contributed by atoms with E-state index < -0.39 is 0 Å². The van der Waals surface area contributed by atoms with Crippen molar-refractivity contribution in [3.63, 3.8) is 0 Å². The third kappa shape index (κ3) is 4.22. The van der Waals surface area contributed by atoms with Gasteiger partial charge in [-0.05, 0) is 79.9 Å². The maximum absolute atomic E-state index is 10.1. The number of hydrogen-bond donors (Lipinski definition) is 2. The van der Waals surface area contributed by atoms with Crippen LogP contribution in [0, 0.1) is 19.3 Å². The minimum atomic E-state index is -0.0811. The number of likely N-dealkylation sites (tertiary alicyclic amines) is 1. The van der Waals surface area contributed by atoms with Crippen LogP contribution in [0.1, 0.15) is 35.1 Å². The number of phenols is 1. The minimum Gasteiger partial charge on any atom is -0.507 e. The predicted octanol–water partition coefficient (Wildman–Crippen LogP) is 4.48. The molecule has 0 atom stereocenters. The van der Waals surface area contributed by atoms with Gasteiger partial charge in [-0.2, -0.15) is 0 Å². The molecular weight excluding hydrogens is 346 g/mol. The van der Waals surface area contributed by atoms with E-state index in [1.54, 1.807) is 0 Å². The van der Waals surface area contributed by atoms with Crippen molar-refractivity contribution in [3.05, 3.63) is 63.7 Å². The van der Waals surface area contributed by atoms with Crippen LogP contribution < -0.4 is 0 Å². The molecule has 140 valence electrons. The lowest BCUT2D eigenvalue weighted by molar-refractivity contribution is 0.0414. The highest BCUT2D eigenvalue weighted by molar-refractivity contribution is 6.31. The maximum atomic E-state index is 10.1. The Morgan fingerprint density at radius 1 is 1.08 bits per heavy atom. The van der Waals surface area contributed by atoms with Gasteiger partial charge in [-0.1, -0.05) is 41.9 Å². The molecule has 26 heavy (non-hydrogen) atoms. The van der Waals surface area contributed by atoms with Gasteiger partial charge < -0.3 is 10.2 Å². The van der Waals surface area contributed by atoms with Crippen molar-refractivity contribution in [3.8, 4) is 5.75 Å². The standard InChI is InChI=1S/C22H28ClNO2/c1-16-11-18(12-17(2)21(16)26)14-24-9-7-22(15-25,8-10-24)13-19-5-3-4-6-20(19)23/h3-6,11-12,25-26H,7-10,13-15H2,1-2H3. The molecule has 3 rings (SSSR count). The van der Waals surface area contributed by atoms with Crippen molar-refractivity contribution in [2.45, 2.75) is 39.7 Å². The number of piperidine rings is 1. The summed E-state index contributed by atoms with van der Waals surface area (Å²) in [5.41, 5.74) is 4.14. The number of benzene rings is 2. The number of nitrogens with zero attached hydrogens (tertiary/aromatic N) is 1. The van der Waals surface area contributed by atoms with Crippen LogP contribution in [0.4, 0.5) is 0 Å². The number of phenolic OH excluding ortho intramolecular Hbond substituents is 1. The molecule has 0 saturated carbocycles. The summed E-state index contributed by atoms with van der Waals surface area (Å²) in [4.78, 5) is 2.44. The zero-order chi connectivity index (χ0) is 18.7. The average molecular weight is 374 g/mol.